The second-order valence-electron chi connectivity index (χ2n) is 6.50. The van der Waals surface area contributed by atoms with Gasteiger partial charge in [0.25, 0.3) is 5.91 Å². The lowest BCUT2D eigenvalue weighted by atomic mass is 10.1. The van der Waals surface area contributed by atoms with Crippen molar-refractivity contribution in [3.63, 3.8) is 0 Å². The summed E-state index contributed by atoms with van der Waals surface area (Å²) in [6.45, 7) is 6.66. The Hall–Kier alpha value is -3.21. The van der Waals surface area contributed by atoms with Gasteiger partial charge in [-0.25, -0.2) is 5.43 Å². The number of hydrazone groups is 1. The maximum absolute atomic E-state index is 12.5. The van der Waals surface area contributed by atoms with Gasteiger partial charge >= 0.3 is 0 Å². The van der Waals surface area contributed by atoms with Crippen molar-refractivity contribution in [2.75, 3.05) is 0 Å². The summed E-state index contributed by atoms with van der Waals surface area (Å²) < 4.78 is 1.94. The van der Waals surface area contributed by atoms with Crippen LogP contribution >= 0.6 is 0 Å². The predicted octanol–water partition coefficient (Wildman–Crippen LogP) is 4.09. The average Bonchev–Trinajstić information content (AvgIpc) is 3.00. The van der Waals surface area contributed by atoms with Crippen LogP contribution in [0.15, 0.2) is 65.8 Å². The molecule has 1 amide bonds. The first-order chi connectivity index (χ1) is 13.1. The van der Waals surface area contributed by atoms with Gasteiger partial charge in [0.05, 0.1) is 18.0 Å². The Kier molecular flexibility index (Phi) is 5.81. The van der Waals surface area contributed by atoms with Crippen molar-refractivity contribution < 1.29 is 4.79 Å². The Morgan fingerprint density at radius 1 is 1.04 bits per heavy atom. The van der Waals surface area contributed by atoms with E-state index in [0.29, 0.717) is 12.1 Å². The molecule has 2 aromatic carbocycles. The van der Waals surface area contributed by atoms with Gasteiger partial charge in [0.1, 0.15) is 0 Å². The van der Waals surface area contributed by atoms with Gasteiger partial charge in [-0.1, -0.05) is 49.4 Å². The van der Waals surface area contributed by atoms with E-state index in [-0.39, 0.29) is 5.91 Å². The smallest absolute Gasteiger partial charge is 0.267 e. The molecule has 0 saturated heterocycles. The molecule has 0 spiro atoms. The Morgan fingerprint density at radius 2 is 1.78 bits per heavy atom. The van der Waals surface area contributed by atoms with Gasteiger partial charge in [0.15, 0.2) is 0 Å². The zero-order valence-electron chi connectivity index (χ0n) is 15.9. The molecule has 27 heavy (non-hydrogen) atoms. The molecule has 0 aliphatic heterocycles. The van der Waals surface area contributed by atoms with Crippen LogP contribution in [0.25, 0.3) is 0 Å². The highest BCUT2D eigenvalue weighted by Gasteiger charge is 2.08. The monoisotopic (exact) mass is 360 g/mol. The van der Waals surface area contributed by atoms with Crippen LogP contribution in [-0.4, -0.2) is 21.4 Å². The van der Waals surface area contributed by atoms with Crippen molar-refractivity contribution in [1.29, 1.82) is 0 Å². The third-order valence-corrected chi connectivity index (χ3v) is 4.36. The van der Waals surface area contributed by atoms with Crippen LogP contribution in [0.4, 0.5) is 0 Å². The van der Waals surface area contributed by atoms with Crippen molar-refractivity contribution >= 4 is 11.6 Å². The molecular weight excluding hydrogens is 336 g/mol. The Bertz CT molecular complexity index is 957. The molecule has 1 aromatic heterocycles. The van der Waals surface area contributed by atoms with E-state index in [4.69, 9.17) is 0 Å². The van der Waals surface area contributed by atoms with E-state index < -0.39 is 0 Å². The zero-order valence-corrected chi connectivity index (χ0v) is 15.9. The minimum absolute atomic E-state index is 0.216. The Balaban J connectivity index is 1.73. The first-order valence-corrected chi connectivity index (χ1v) is 9.09. The molecule has 0 unspecified atom stereocenters. The fourth-order valence-corrected chi connectivity index (χ4v) is 2.98. The van der Waals surface area contributed by atoms with Gasteiger partial charge in [-0.3, -0.25) is 9.48 Å². The molecule has 5 nitrogen and oxygen atoms in total. The molecule has 0 bridgehead atoms. The number of hydrogen-bond donors (Lipinski definition) is 1. The third kappa shape index (κ3) is 4.70. The molecule has 0 radical (unpaired) electrons. The van der Waals surface area contributed by atoms with E-state index >= 15 is 0 Å². The van der Waals surface area contributed by atoms with E-state index in [9.17, 15) is 4.79 Å². The standard InChI is InChI=1S/C22H24N4O/c1-4-21(19-10-6-5-7-11-19)23-24-22(27)20-12-8-9-18(14-20)15-26-17(3)13-16(2)25-26/h5-14H,4,15H2,1-3H3,(H,24,27)/b23-21-. The second kappa shape index (κ2) is 8.45. The van der Waals surface area contributed by atoms with Crippen molar-refractivity contribution in [2.45, 2.75) is 33.7 Å². The molecule has 3 aromatic rings. The number of rotatable bonds is 6. The number of benzene rings is 2. The number of nitrogens with one attached hydrogen (secondary N) is 1. The number of aromatic nitrogens is 2. The van der Waals surface area contributed by atoms with E-state index in [1.165, 1.54) is 0 Å². The normalized spacial score (nSPS) is 11.4. The lowest BCUT2D eigenvalue weighted by molar-refractivity contribution is 0.0954. The molecule has 0 aliphatic carbocycles. The lowest BCUT2D eigenvalue weighted by Crippen LogP contribution is -2.20. The fraction of sp³-hybridized carbons (Fsp3) is 0.227. The van der Waals surface area contributed by atoms with Crippen LogP contribution in [-0.2, 0) is 6.54 Å². The number of hydrogen-bond acceptors (Lipinski definition) is 3. The van der Waals surface area contributed by atoms with Crippen LogP contribution in [0.2, 0.25) is 0 Å². The van der Waals surface area contributed by atoms with Gasteiger partial charge in [-0.15, -0.1) is 0 Å². The zero-order chi connectivity index (χ0) is 19.2. The molecule has 138 valence electrons. The molecule has 0 aliphatic rings. The number of nitrogens with zero attached hydrogens (tertiary/aromatic N) is 3. The molecule has 5 heteroatoms. The Labute approximate surface area is 159 Å². The summed E-state index contributed by atoms with van der Waals surface area (Å²) in [5.74, 6) is -0.216. The van der Waals surface area contributed by atoms with E-state index in [1.54, 1.807) is 6.07 Å². The van der Waals surface area contributed by atoms with Crippen LogP contribution in [0, 0.1) is 13.8 Å². The molecule has 1 N–H and O–H groups in total. The van der Waals surface area contributed by atoms with E-state index in [2.05, 4.69) is 15.6 Å². The van der Waals surface area contributed by atoms with Crippen molar-refractivity contribution in [3.05, 3.63) is 88.7 Å². The quantitative estimate of drug-likeness (QED) is 0.532. The predicted molar refractivity (Wildman–Crippen MR) is 108 cm³/mol. The first kappa shape index (κ1) is 18.6. The summed E-state index contributed by atoms with van der Waals surface area (Å²) in [5, 5.41) is 8.80. The molecule has 0 atom stereocenters. The van der Waals surface area contributed by atoms with E-state index in [0.717, 1.165) is 34.6 Å². The maximum atomic E-state index is 12.5. The third-order valence-electron chi connectivity index (χ3n) is 4.36. The Morgan fingerprint density at radius 3 is 2.44 bits per heavy atom. The molecule has 3 rings (SSSR count). The van der Waals surface area contributed by atoms with Crippen molar-refractivity contribution in [2.24, 2.45) is 5.10 Å². The van der Waals surface area contributed by atoms with Gasteiger partial charge in [-0.05, 0) is 49.6 Å². The SMILES string of the molecule is CC/C(=N/NC(=O)c1cccc(Cn2nc(C)cc2C)c1)c1ccccc1. The summed E-state index contributed by atoms with van der Waals surface area (Å²) in [6.07, 6.45) is 0.738. The second-order valence-corrected chi connectivity index (χ2v) is 6.50. The van der Waals surface area contributed by atoms with Crippen molar-refractivity contribution in [3.8, 4) is 0 Å². The molecule has 1 heterocycles. The molecule has 0 saturated carbocycles. The number of aryl methyl sites for hydroxylation is 2. The highest BCUT2D eigenvalue weighted by atomic mass is 16.2. The van der Waals surface area contributed by atoms with Crippen LogP contribution in [0.3, 0.4) is 0 Å². The maximum Gasteiger partial charge on any atom is 0.271 e. The van der Waals surface area contributed by atoms with Crippen LogP contribution < -0.4 is 5.43 Å². The number of amides is 1. The lowest BCUT2D eigenvalue weighted by Gasteiger charge is -2.08. The van der Waals surface area contributed by atoms with Gasteiger partial charge in [-0.2, -0.15) is 10.2 Å². The summed E-state index contributed by atoms with van der Waals surface area (Å²) in [6, 6.07) is 19.5. The van der Waals surface area contributed by atoms with Gasteiger partial charge < -0.3 is 0 Å². The summed E-state index contributed by atoms with van der Waals surface area (Å²) in [7, 11) is 0. The van der Waals surface area contributed by atoms with Gasteiger partial charge in [0, 0.05) is 11.3 Å². The van der Waals surface area contributed by atoms with Crippen LogP contribution in [0.5, 0.6) is 0 Å². The fourth-order valence-electron chi connectivity index (χ4n) is 2.98. The first-order valence-electron chi connectivity index (χ1n) is 9.09. The highest BCUT2D eigenvalue weighted by Crippen LogP contribution is 2.10. The largest absolute Gasteiger partial charge is 0.271 e. The van der Waals surface area contributed by atoms with E-state index in [1.807, 2.05) is 80.1 Å². The summed E-state index contributed by atoms with van der Waals surface area (Å²) >= 11 is 0. The number of carbonyl (C=O) groups is 1. The minimum atomic E-state index is -0.216. The number of carbonyl (C=O) groups excluding carboxylic acids is 1. The molecule has 0 fully saturated rings. The summed E-state index contributed by atoms with van der Waals surface area (Å²) in [4.78, 5) is 12.5. The highest BCUT2D eigenvalue weighted by molar-refractivity contribution is 6.02. The van der Waals surface area contributed by atoms with Gasteiger partial charge in [0.2, 0.25) is 0 Å². The van der Waals surface area contributed by atoms with Crippen molar-refractivity contribution in [1.82, 2.24) is 15.2 Å². The summed E-state index contributed by atoms with van der Waals surface area (Å²) in [5.41, 5.74) is 8.24. The minimum Gasteiger partial charge on any atom is -0.267 e. The average molecular weight is 360 g/mol. The van der Waals surface area contributed by atoms with Crippen LogP contribution in [0.1, 0.15) is 46.2 Å². The topological polar surface area (TPSA) is 59.3 Å². The molecular formula is C22H24N4O.